The molecule has 0 aliphatic rings. The van der Waals surface area contributed by atoms with Crippen molar-refractivity contribution in [3.8, 4) is 5.75 Å². The van der Waals surface area contributed by atoms with Crippen LogP contribution in [-0.2, 0) is 4.79 Å². The van der Waals surface area contributed by atoms with Crippen LogP contribution in [-0.4, -0.2) is 17.7 Å². The van der Waals surface area contributed by atoms with Crippen molar-refractivity contribution in [3.63, 3.8) is 0 Å². The van der Waals surface area contributed by atoms with Crippen molar-refractivity contribution in [2.24, 2.45) is 0 Å². The van der Waals surface area contributed by atoms with Crippen molar-refractivity contribution >= 4 is 11.5 Å². The van der Waals surface area contributed by atoms with Crippen molar-refractivity contribution < 1.29 is 14.6 Å². The van der Waals surface area contributed by atoms with E-state index in [0.29, 0.717) is 0 Å². The topological polar surface area (TPSA) is 46.5 Å². The van der Waals surface area contributed by atoms with Gasteiger partial charge in [-0.05, 0) is 36.1 Å². The number of aliphatic carboxylic acids is 1. The molecular weight excluding hydrogens is 264 g/mol. The van der Waals surface area contributed by atoms with E-state index in [4.69, 9.17) is 9.84 Å². The van der Waals surface area contributed by atoms with Crippen molar-refractivity contribution in [3.05, 3.63) is 35.9 Å². The summed E-state index contributed by atoms with van der Waals surface area (Å²) in [4.78, 5) is 10.9. The van der Waals surface area contributed by atoms with E-state index >= 15 is 0 Å². The molecule has 3 heteroatoms. The average Bonchev–Trinajstić information content (AvgIpc) is 2.47. The fraction of sp³-hybridized carbons (Fsp3) is 0.500. The predicted octanol–water partition coefficient (Wildman–Crippen LogP) is 4.91. The Hall–Kier alpha value is -1.77. The number of hydrogen-bond donors (Lipinski definition) is 1. The third kappa shape index (κ3) is 6.98. The van der Waals surface area contributed by atoms with Crippen LogP contribution < -0.4 is 4.74 Å². The third-order valence-corrected chi connectivity index (χ3v) is 3.31. The lowest BCUT2D eigenvalue weighted by Crippen LogP contribution is -1.97. The maximum Gasteiger partial charge on any atom is 0.328 e. The molecule has 0 saturated heterocycles. The highest BCUT2D eigenvalue weighted by molar-refractivity contribution is 5.90. The SMILES string of the molecule is CCCCCCOc1ccc(/C(=C/C(=O)O)CCC)cc1. The van der Waals surface area contributed by atoms with Crippen molar-refractivity contribution in [2.75, 3.05) is 6.61 Å². The first kappa shape index (κ1) is 17.3. The van der Waals surface area contributed by atoms with Crippen LogP contribution >= 0.6 is 0 Å². The van der Waals surface area contributed by atoms with Gasteiger partial charge in [-0.1, -0.05) is 51.7 Å². The van der Waals surface area contributed by atoms with Crippen LogP contribution in [0.4, 0.5) is 0 Å². The number of benzene rings is 1. The van der Waals surface area contributed by atoms with Crippen LogP contribution in [0.25, 0.3) is 5.57 Å². The van der Waals surface area contributed by atoms with E-state index in [1.807, 2.05) is 31.2 Å². The fourth-order valence-electron chi connectivity index (χ4n) is 2.20. The number of hydrogen-bond acceptors (Lipinski definition) is 2. The Morgan fingerprint density at radius 2 is 1.81 bits per heavy atom. The van der Waals surface area contributed by atoms with Gasteiger partial charge in [-0.25, -0.2) is 4.79 Å². The third-order valence-electron chi connectivity index (χ3n) is 3.31. The lowest BCUT2D eigenvalue weighted by atomic mass is 10.0. The Bertz CT molecular complexity index is 446. The second-order valence-corrected chi connectivity index (χ2v) is 5.19. The summed E-state index contributed by atoms with van der Waals surface area (Å²) < 4.78 is 5.69. The molecule has 1 rings (SSSR count). The lowest BCUT2D eigenvalue weighted by Gasteiger charge is -2.09. The molecule has 0 aliphatic heterocycles. The number of carbonyl (C=O) groups is 1. The molecule has 0 radical (unpaired) electrons. The van der Waals surface area contributed by atoms with Gasteiger partial charge in [0, 0.05) is 6.08 Å². The average molecular weight is 290 g/mol. The number of unbranched alkanes of at least 4 members (excludes halogenated alkanes) is 3. The summed E-state index contributed by atoms with van der Waals surface area (Å²) in [6.07, 6.45) is 7.75. The monoisotopic (exact) mass is 290 g/mol. The minimum atomic E-state index is -0.894. The summed E-state index contributed by atoms with van der Waals surface area (Å²) in [5.74, 6) is -0.0453. The van der Waals surface area contributed by atoms with Gasteiger partial charge in [0.25, 0.3) is 0 Å². The molecule has 0 spiro atoms. The van der Waals surface area contributed by atoms with E-state index in [9.17, 15) is 4.79 Å². The van der Waals surface area contributed by atoms with Crippen LogP contribution in [0.5, 0.6) is 5.75 Å². The standard InChI is InChI=1S/C18H26O3/c1-3-5-6-7-13-21-17-11-9-15(10-12-17)16(8-4-2)14-18(19)20/h9-12,14H,3-8,13H2,1-2H3,(H,19,20)/b16-14+. The van der Waals surface area contributed by atoms with E-state index in [0.717, 1.165) is 42.8 Å². The molecule has 0 atom stereocenters. The quantitative estimate of drug-likeness (QED) is 0.491. The highest BCUT2D eigenvalue weighted by atomic mass is 16.5. The van der Waals surface area contributed by atoms with Crippen LogP contribution in [0.1, 0.15) is 57.9 Å². The number of allylic oxidation sites excluding steroid dienone is 1. The molecule has 0 saturated carbocycles. The molecule has 21 heavy (non-hydrogen) atoms. The van der Waals surface area contributed by atoms with Gasteiger partial charge in [-0.15, -0.1) is 0 Å². The first-order chi connectivity index (χ1) is 10.2. The summed E-state index contributed by atoms with van der Waals surface area (Å²) >= 11 is 0. The highest BCUT2D eigenvalue weighted by Crippen LogP contribution is 2.22. The summed E-state index contributed by atoms with van der Waals surface area (Å²) in [6, 6.07) is 7.71. The molecule has 0 fully saturated rings. The Morgan fingerprint density at radius 3 is 2.38 bits per heavy atom. The molecule has 0 amide bonds. The van der Waals surface area contributed by atoms with Gasteiger partial charge in [0.1, 0.15) is 5.75 Å². The number of carboxylic acids is 1. The van der Waals surface area contributed by atoms with Gasteiger partial charge in [0.2, 0.25) is 0 Å². The molecule has 0 aliphatic carbocycles. The van der Waals surface area contributed by atoms with Gasteiger partial charge in [0.05, 0.1) is 6.61 Å². The zero-order valence-electron chi connectivity index (χ0n) is 13.1. The van der Waals surface area contributed by atoms with Gasteiger partial charge in [-0.3, -0.25) is 0 Å². The largest absolute Gasteiger partial charge is 0.494 e. The van der Waals surface area contributed by atoms with E-state index in [1.54, 1.807) is 0 Å². The van der Waals surface area contributed by atoms with Crippen molar-refractivity contribution in [2.45, 2.75) is 52.4 Å². The fourth-order valence-corrected chi connectivity index (χ4v) is 2.20. The number of carboxylic acid groups (broad SMARTS) is 1. The van der Waals surface area contributed by atoms with E-state index in [1.165, 1.54) is 25.3 Å². The Labute approximate surface area is 127 Å². The summed E-state index contributed by atoms with van der Waals surface area (Å²) in [5.41, 5.74) is 1.82. The van der Waals surface area contributed by atoms with Crippen LogP contribution in [0.2, 0.25) is 0 Å². The summed E-state index contributed by atoms with van der Waals surface area (Å²) in [7, 11) is 0. The van der Waals surface area contributed by atoms with E-state index in [2.05, 4.69) is 6.92 Å². The lowest BCUT2D eigenvalue weighted by molar-refractivity contribution is -0.131. The molecule has 0 aromatic heterocycles. The molecule has 116 valence electrons. The van der Waals surface area contributed by atoms with Crippen LogP contribution in [0, 0.1) is 0 Å². The Balaban J connectivity index is 2.57. The van der Waals surface area contributed by atoms with E-state index < -0.39 is 5.97 Å². The van der Waals surface area contributed by atoms with Crippen LogP contribution in [0.3, 0.4) is 0 Å². The molecule has 0 bridgehead atoms. The zero-order valence-corrected chi connectivity index (χ0v) is 13.1. The van der Waals surface area contributed by atoms with Gasteiger partial charge in [0.15, 0.2) is 0 Å². The molecular formula is C18H26O3. The van der Waals surface area contributed by atoms with Gasteiger partial charge in [-0.2, -0.15) is 0 Å². The number of rotatable bonds is 10. The summed E-state index contributed by atoms with van der Waals surface area (Å²) in [6.45, 7) is 4.98. The molecule has 3 nitrogen and oxygen atoms in total. The Kier molecular flexibility index (Phi) is 8.25. The Morgan fingerprint density at radius 1 is 1.10 bits per heavy atom. The summed E-state index contributed by atoms with van der Waals surface area (Å²) in [5, 5.41) is 8.91. The van der Waals surface area contributed by atoms with Gasteiger partial charge >= 0.3 is 5.97 Å². The molecule has 1 N–H and O–H groups in total. The molecule has 0 unspecified atom stereocenters. The second kappa shape index (κ2) is 10.0. The molecule has 0 heterocycles. The van der Waals surface area contributed by atoms with Gasteiger partial charge < -0.3 is 9.84 Å². The minimum absolute atomic E-state index is 0.742. The van der Waals surface area contributed by atoms with E-state index in [-0.39, 0.29) is 0 Å². The molecule has 1 aromatic carbocycles. The van der Waals surface area contributed by atoms with Crippen molar-refractivity contribution in [1.82, 2.24) is 0 Å². The highest BCUT2D eigenvalue weighted by Gasteiger charge is 2.04. The first-order valence-electron chi connectivity index (χ1n) is 7.84. The predicted molar refractivity (Wildman–Crippen MR) is 86.6 cm³/mol. The second-order valence-electron chi connectivity index (χ2n) is 5.19. The number of ether oxygens (including phenoxy) is 1. The maximum absolute atomic E-state index is 10.9. The minimum Gasteiger partial charge on any atom is -0.494 e. The van der Waals surface area contributed by atoms with Crippen molar-refractivity contribution in [1.29, 1.82) is 0 Å². The maximum atomic E-state index is 10.9. The smallest absolute Gasteiger partial charge is 0.328 e. The first-order valence-corrected chi connectivity index (χ1v) is 7.84. The normalized spacial score (nSPS) is 11.4. The van der Waals surface area contributed by atoms with Crippen LogP contribution in [0.15, 0.2) is 30.3 Å². The molecule has 1 aromatic rings. The zero-order chi connectivity index (χ0) is 15.5.